The van der Waals surface area contributed by atoms with Crippen molar-refractivity contribution >= 4 is 11.6 Å². The molecule has 3 heteroatoms. The van der Waals surface area contributed by atoms with E-state index in [0.717, 1.165) is 13.1 Å². The van der Waals surface area contributed by atoms with Gasteiger partial charge in [-0.15, -0.1) is 0 Å². The second kappa shape index (κ2) is 5.63. The Morgan fingerprint density at radius 3 is 2.69 bits per heavy atom. The first kappa shape index (κ1) is 11.0. The third kappa shape index (κ3) is 4.12. The van der Waals surface area contributed by atoms with Gasteiger partial charge >= 0.3 is 0 Å². The highest BCUT2D eigenvalue weighted by atomic mass is 35.5. The fourth-order valence-electron chi connectivity index (χ4n) is 1.73. The van der Waals surface area contributed by atoms with Gasteiger partial charge in [-0.1, -0.05) is 18.2 Å². The lowest BCUT2D eigenvalue weighted by atomic mass is 10.3. The monoisotopic (exact) mass is 202 g/mol. The number of rotatable bonds is 5. The SMILES string of the molecule is C=C(Cl)CNCC(C)N1CCCC1. The van der Waals surface area contributed by atoms with Gasteiger partial charge in [-0.05, 0) is 32.9 Å². The van der Waals surface area contributed by atoms with Crippen molar-refractivity contribution in [2.75, 3.05) is 26.2 Å². The molecule has 13 heavy (non-hydrogen) atoms. The van der Waals surface area contributed by atoms with Crippen LogP contribution < -0.4 is 5.32 Å². The average molecular weight is 203 g/mol. The topological polar surface area (TPSA) is 15.3 Å². The maximum absolute atomic E-state index is 5.65. The molecular formula is C10H19ClN2. The highest BCUT2D eigenvalue weighted by Crippen LogP contribution is 2.10. The van der Waals surface area contributed by atoms with Gasteiger partial charge in [0.25, 0.3) is 0 Å². The van der Waals surface area contributed by atoms with Crippen molar-refractivity contribution in [1.82, 2.24) is 10.2 Å². The molecule has 0 amide bonds. The van der Waals surface area contributed by atoms with Gasteiger partial charge in [-0.3, -0.25) is 4.90 Å². The van der Waals surface area contributed by atoms with Crippen molar-refractivity contribution in [3.63, 3.8) is 0 Å². The highest BCUT2D eigenvalue weighted by molar-refractivity contribution is 6.29. The van der Waals surface area contributed by atoms with Gasteiger partial charge in [0, 0.05) is 24.2 Å². The van der Waals surface area contributed by atoms with Crippen LogP contribution in [0.15, 0.2) is 11.6 Å². The summed E-state index contributed by atoms with van der Waals surface area (Å²) in [6.45, 7) is 10.1. The molecule has 1 saturated heterocycles. The van der Waals surface area contributed by atoms with Crippen LogP contribution in [0.3, 0.4) is 0 Å². The molecule has 0 saturated carbocycles. The second-order valence-corrected chi connectivity index (χ2v) is 4.27. The quantitative estimate of drug-likeness (QED) is 0.732. The molecule has 1 fully saturated rings. The van der Waals surface area contributed by atoms with E-state index in [-0.39, 0.29) is 0 Å². The van der Waals surface area contributed by atoms with Gasteiger partial charge in [-0.25, -0.2) is 0 Å². The standard InChI is InChI=1S/C10H19ClN2/c1-9(11)7-12-8-10(2)13-5-3-4-6-13/h10,12H,1,3-8H2,2H3. The number of nitrogens with zero attached hydrogens (tertiary/aromatic N) is 1. The van der Waals surface area contributed by atoms with Gasteiger partial charge < -0.3 is 5.32 Å². The number of hydrogen-bond acceptors (Lipinski definition) is 2. The molecule has 1 atom stereocenters. The summed E-state index contributed by atoms with van der Waals surface area (Å²) in [6.07, 6.45) is 2.71. The van der Waals surface area contributed by atoms with Gasteiger partial charge in [0.15, 0.2) is 0 Å². The van der Waals surface area contributed by atoms with Crippen LogP contribution in [0.2, 0.25) is 0 Å². The number of nitrogens with one attached hydrogen (secondary N) is 1. The zero-order valence-electron chi connectivity index (χ0n) is 8.35. The van der Waals surface area contributed by atoms with Crippen LogP contribution in [0.4, 0.5) is 0 Å². The molecule has 0 aromatic heterocycles. The molecule has 0 aromatic carbocycles. The van der Waals surface area contributed by atoms with Crippen molar-refractivity contribution in [3.05, 3.63) is 11.6 Å². The molecule has 1 aliphatic heterocycles. The number of likely N-dealkylation sites (tertiary alicyclic amines) is 1. The van der Waals surface area contributed by atoms with E-state index in [4.69, 9.17) is 11.6 Å². The maximum Gasteiger partial charge on any atom is 0.0308 e. The first-order valence-corrected chi connectivity index (χ1v) is 5.36. The lowest BCUT2D eigenvalue weighted by molar-refractivity contribution is 0.254. The molecule has 1 unspecified atom stereocenters. The van der Waals surface area contributed by atoms with Crippen molar-refractivity contribution < 1.29 is 0 Å². The second-order valence-electron chi connectivity index (χ2n) is 3.74. The van der Waals surface area contributed by atoms with E-state index in [2.05, 4.69) is 23.7 Å². The minimum atomic E-state index is 0.624. The minimum Gasteiger partial charge on any atom is -0.310 e. The summed E-state index contributed by atoms with van der Waals surface area (Å²) >= 11 is 5.65. The first-order valence-electron chi connectivity index (χ1n) is 4.98. The van der Waals surface area contributed by atoms with Crippen molar-refractivity contribution in [1.29, 1.82) is 0 Å². The predicted molar refractivity (Wildman–Crippen MR) is 58.1 cm³/mol. The molecule has 76 valence electrons. The molecule has 0 spiro atoms. The lowest BCUT2D eigenvalue weighted by Crippen LogP contribution is -2.38. The van der Waals surface area contributed by atoms with Crippen LogP contribution in [-0.2, 0) is 0 Å². The van der Waals surface area contributed by atoms with Crippen molar-refractivity contribution in [3.8, 4) is 0 Å². The molecule has 0 radical (unpaired) electrons. The van der Waals surface area contributed by atoms with Crippen LogP contribution in [0, 0.1) is 0 Å². The summed E-state index contributed by atoms with van der Waals surface area (Å²) < 4.78 is 0. The van der Waals surface area contributed by atoms with E-state index in [1.807, 2.05) is 0 Å². The predicted octanol–water partition coefficient (Wildman–Crippen LogP) is 1.81. The Hall–Kier alpha value is -0.0500. The fraction of sp³-hybridized carbons (Fsp3) is 0.800. The summed E-state index contributed by atoms with van der Waals surface area (Å²) in [5.41, 5.74) is 0. The highest BCUT2D eigenvalue weighted by Gasteiger charge is 2.16. The molecule has 0 bridgehead atoms. The van der Waals surface area contributed by atoms with Gasteiger partial charge in [-0.2, -0.15) is 0 Å². The lowest BCUT2D eigenvalue weighted by Gasteiger charge is -2.23. The smallest absolute Gasteiger partial charge is 0.0308 e. The molecule has 1 heterocycles. The van der Waals surface area contributed by atoms with Gasteiger partial charge in [0.1, 0.15) is 0 Å². The Morgan fingerprint density at radius 1 is 1.54 bits per heavy atom. The van der Waals surface area contributed by atoms with E-state index in [0.29, 0.717) is 11.1 Å². The summed E-state index contributed by atoms with van der Waals surface area (Å²) in [6, 6.07) is 0.624. The van der Waals surface area contributed by atoms with Crippen LogP contribution in [0.25, 0.3) is 0 Å². The molecular weight excluding hydrogens is 184 g/mol. The van der Waals surface area contributed by atoms with Crippen LogP contribution in [0.5, 0.6) is 0 Å². The molecule has 1 aliphatic rings. The third-order valence-corrected chi connectivity index (χ3v) is 2.65. The van der Waals surface area contributed by atoms with Crippen molar-refractivity contribution in [2.45, 2.75) is 25.8 Å². The van der Waals surface area contributed by atoms with E-state index in [1.54, 1.807) is 0 Å². The van der Waals surface area contributed by atoms with E-state index in [9.17, 15) is 0 Å². The Morgan fingerprint density at radius 2 is 2.15 bits per heavy atom. The summed E-state index contributed by atoms with van der Waals surface area (Å²) in [4.78, 5) is 2.52. The van der Waals surface area contributed by atoms with E-state index < -0.39 is 0 Å². The van der Waals surface area contributed by atoms with Gasteiger partial charge in [0.2, 0.25) is 0 Å². The summed E-state index contributed by atoms with van der Waals surface area (Å²) in [5, 5.41) is 3.98. The minimum absolute atomic E-state index is 0.624. The van der Waals surface area contributed by atoms with Crippen LogP contribution >= 0.6 is 11.6 Å². The molecule has 0 aliphatic carbocycles. The molecule has 0 aromatic rings. The van der Waals surface area contributed by atoms with Crippen LogP contribution in [0.1, 0.15) is 19.8 Å². The number of hydrogen-bond donors (Lipinski definition) is 1. The molecule has 1 N–H and O–H groups in total. The van der Waals surface area contributed by atoms with E-state index >= 15 is 0 Å². The van der Waals surface area contributed by atoms with Crippen molar-refractivity contribution in [2.24, 2.45) is 0 Å². The zero-order valence-corrected chi connectivity index (χ0v) is 9.11. The molecule has 2 nitrogen and oxygen atoms in total. The normalized spacial score (nSPS) is 20.5. The summed E-state index contributed by atoms with van der Waals surface area (Å²) in [5.74, 6) is 0. The average Bonchev–Trinajstić information content (AvgIpc) is 2.55. The maximum atomic E-state index is 5.65. The largest absolute Gasteiger partial charge is 0.310 e. The Bertz CT molecular complexity index is 164. The Kier molecular flexibility index (Phi) is 4.78. The first-order chi connectivity index (χ1) is 6.20. The fourth-order valence-corrected chi connectivity index (χ4v) is 1.82. The summed E-state index contributed by atoms with van der Waals surface area (Å²) in [7, 11) is 0. The Balaban J connectivity index is 2.09. The van der Waals surface area contributed by atoms with Gasteiger partial charge in [0.05, 0.1) is 0 Å². The third-order valence-electron chi connectivity index (χ3n) is 2.52. The Labute approximate surface area is 85.9 Å². The zero-order chi connectivity index (χ0) is 9.68. The number of halogens is 1. The van der Waals surface area contributed by atoms with Crippen LogP contribution in [-0.4, -0.2) is 37.1 Å². The molecule has 1 rings (SSSR count). The van der Waals surface area contributed by atoms with E-state index in [1.165, 1.54) is 25.9 Å².